The number of hydrogen-bond donors (Lipinski definition) is 2. The molecule has 0 radical (unpaired) electrons. The van der Waals surface area contributed by atoms with Gasteiger partial charge in [0.05, 0.1) is 17.0 Å². The third-order valence-corrected chi connectivity index (χ3v) is 4.92. The highest BCUT2D eigenvalue weighted by molar-refractivity contribution is 6.04. The number of nitriles is 1. The number of fused-ring (bicyclic) bond motifs is 1. The van der Waals surface area contributed by atoms with E-state index in [2.05, 4.69) is 15.5 Å². The van der Waals surface area contributed by atoms with Crippen LogP contribution in [0.4, 0.5) is 24.5 Å². The van der Waals surface area contributed by atoms with Gasteiger partial charge in [0.25, 0.3) is 0 Å². The first kappa shape index (κ1) is 19.4. The number of alkyl halides is 3. The van der Waals surface area contributed by atoms with Crippen molar-refractivity contribution < 1.29 is 22.8 Å². The van der Waals surface area contributed by atoms with Gasteiger partial charge >= 0.3 is 6.18 Å². The Morgan fingerprint density at radius 1 is 1.27 bits per heavy atom. The molecular formula is C20H14F3N5O2. The molecule has 1 unspecified atom stereocenters. The number of carbonyl (C=O) groups is 2. The van der Waals surface area contributed by atoms with Gasteiger partial charge in [-0.1, -0.05) is 6.07 Å². The second kappa shape index (κ2) is 7.18. The van der Waals surface area contributed by atoms with Gasteiger partial charge in [0.1, 0.15) is 6.07 Å². The lowest BCUT2D eigenvalue weighted by molar-refractivity contribution is -0.137. The molecule has 1 saturated heterocycles. The van der Waals surface area contributed by atoms with Crippen molar-refractivity contribution in [3.05, 3.63) is 53.7 Å². The maximum absolute atomic E-state index is 12.9. The Labute approximate surface area is 168 Å². The Morgan fingerprint density at radius 3 is 2.80 bits per heavy atom. The van der Waals surface area contributed by atoms with Crippen molar-refractivity contribution in [2.24, 2.45) is 5.92 Å². The average Bonchev–Trinajstić information content (AvgIpc) is 3.30. The minimum absolute atomic E-state index is 0.0244. The number of nitrogens with one attached hydrogen (secondary N) is 2. The van der Waals surface area contributed by atoms with Crippen LogP contribution in [0, 0.1) is 17.2 Å². The molecule has 1 aromatic heterocycles. The maximum atomic E-state index is 12.9. The Hall–Kier alpha value is -3.87. The Morgan fingerprint density at radius 2 is 2.07 bits per heavy atom. The zero-order valence-electron chi connectivity index (χ0n) is 15.3. The van der Waals surface area contributed by atoms with Crippen LogP contribution >= 0.6 is 0 Å². The van der Waals surface area contributed by atoms with Crippen molar-refractivity contribution in [2.75, 3.05) is 16.8 Å². The number of carbonyl (C=O) groups excluding carboxylic acids is 2. The topological polar surface area (TPSA) is 102 Å². The zero-order chi connectivity index (χ0) is 21.5. The van der Waals surface area contributed by atoms with Gasteiger partial charge in [0, 0.05) is 29.7 Å². The molecule has 2 heterocycles. The van der Waals surface area contributed by atoms with E-state index in [-0.39, 0.29) is 24.3 Å². The largest absolute Gasteiger partial charge is 0.416 e. The van der Waals surface area contributed by atoms with Gasteiger partial charge in [-0.15, -0.1) is 0 Å². The van der Waals surface area contributed by atoms with Gasteiger partial charge < -0.3 is 10.2 Å². The lowest BCUT2D eigenvalue weighted by Crippen LogP contribution is -2.28. The zero-order valence-corrected chi connectivity index (χ0v) is 15.3. The summed E-state index contributed by atoms with van der Waals surface area (Å²) in [7, 11) is 0. The number of anilines is 2. The molecule has 2 aromatic carbocycles. The van der Waals surface area contributed by atoms with Crippen molar-refractivity contribution in [3.8, 4) is 6.07 Å². The molecule has 1 aliphatic rings. The first-order valence-electron chi connectivity index (χ1n) is 8.93. The molecule has 152 valence electrons. The summed E-state index contributed by atoms with van der Waals surface area (Å²) in [6, 6.07) is 11.3. The molecule has 2 amide bonds. The second-order valence-corrected chi connectivity index (χ2v) is 6.89. The first-order valence-corrected chi connectivity index (χ1v) is 8.93. The molecule has 0 saturated carbocycles. The van der Waals surface area contributed by atoms with E-state index in [0.29, 0.717) is 16.6 Å². The molecule has 0 aliphatic carbocycles. The summed E-state index contributed by atoms with van der Waals surface area (Å²) >= 11 is 0. The summed E-state index contributed by atoms with van der Waals surface area (Å²) in [6.45, 7) is -0.0244. The van der Waals surface area contributed by atoms with E-state index < -0.39 is 29.5 Å². The SMILES string of the molecule is N#Cc1n[nH]c2ccc(NC(=O)C3CC(=O)N(c4cccc(C(F)(F)F)c4)C3)cc12. The molecular weight excluding hydrogens is 399 g/mol. The van der Waals surface area contributed by atoms with Crippen LogP contribution in [0.2, 0.25) is 0 Å². The fourth-order valence-corrected chi connectivity index (χ4v) is 3.40. The van der Waals surface area contributed by atoms with Crippen LogP contribution < -0.4 is 10.2 Å². The number of aromatic nitrogens is 2. The monoisotopic (exact) mass is 413 g/mol. The lowest BCUT2D eigenvalue weighted by atomic mass is 10.1. The molecule has 7 nitrogen and oxygen atoms in total. The summed E-state index contributed by atoms with van der Waals surface area (Å²) in [5.41, 5.74) is 0.491. The predicted molar refractivity (Wildman–Crippen MR) is 101 cm³/mol. The van der Waals surface area contributed by atoms with Crippen LogP contribution in [0.5, 0.6) is 0 Å². The van der Waals surface area contributed by atoms with E-state index in [1.807, 2.05) is 6.07 Å². The van der Waals surface area contributed by atoms with E-state index in [1.54, 1.807) is 18.2 Å². The molecule has 0 bridgehead atoms. The van der Waals surface area contributed by atoms with E-state index in [1.165, 1.54) is 17.0 Å². The van der Waals surface area contributed by atoms with Gasteiger partial charge in [-0.3, -0.25) is 14.7 Å². The highest BCUT2D eigenvalue weighted by atomic mass is 19.4. The van der Waals surface area contributed by atoms with E-state index in [0.717, 1.165) is 12.1 Å². The Kier molecular flexibility index (Phi) is 4.66. The Bertz CT molecular complexity index is 1200. The van der Waals surface area contributed by atoms with Gasteiger partial charge in [-0.05, 0) is 36.4 Å². The molecule has 10 heteroatoms. The van der Waals surface area contributed by atoms with Gasteiger partial charge in [-0.2, -0.15) is 23.5 Å². The summed E-state index contributed by atoms with van der Waals surface area (Å²) in [5, 5.41) is 18.9. The van der Waals surface area contributed by atoms with Gasteiger partial charge in [0.15, 0.2) is 5.69 Å². The predicted octanol–water partition coefficient (Wildman–Crippen LogP) is 3.44. The van der Waals surface area contributed by atoms with Crippen LogP contribution in [-0.4, -0.2) is 28.6 Å². The molecule has 1 fully saturated rings. The first-order chi connectivity index (χ1) is 14.3. The number of amides is 2. The fourth-order valence-electron chi connectivity index (χ4n) is 3.40. The molecule has 2 N–H and O–H groups in total. The Balaban J connectivity index is 1.50. The summed E-state index contributed by atoms with van der Waals surface area (Å²) in [4.78, 5) is 26.2. The number of aromatic amines is 1. The number of halogens is 3. The lowest BCUT2D eigenvalue weighted by Gasteiger charge is -2.18. The van der Waals surface area contributed by atoms with Crippen molar-refractivity contribution in [2.45, 2.75) is 12.6 Å². The van der Waals surface area contributed by atoms with Crippen LogP contribution in [0.3, 0.4) is 0 Å². The third kappa shape index (κ3) is 3.57. The molecule has 4 rings (SSSR count). The number of benzene rings is 2. The highest BCUT2D eigenvalue weighted by Crippen LogP contribution is 2.33. The molecule has 0 spiro atoms. The summed E-state index contributed by atoms with van der Waals surface area (Å²) in [6.07, 6.45) is -4.64. The van der Waals surface area contributed by atoms with Crippen LogP contribution in [0.25, 0.3) is 10.9 Å². The van der Waals surface area contributed by atoms with E-state index in [9.17, 15) is 22.8 Å². The van der Waals surface area contributed by atoms with E-state index in [4.69, 9.17) is 5.26 Å². The van der Waals surface area contributed by atoms with Crippen LogP contribution in [0.1, 0.15) is 17.7 Å². The minimum Gasteiger partial charge on any atom is -0.326 e. The average molecular weight is 413 g/mol. The fraction of sp³-hybridized carbons (Fsp3) is 0.200. The standard InChI is InChI=1S/C20H14F3N5O2/c21-20(22,23)12-2-1-3-14(7-12)28-10-11(6-18(28)29)19(30)25-13-4-5-16-15(8-13)17(9-24)27-26-16/h1-5,7-8,11H,6,10H2,(H,25,30)(H,26,27). The van der Waals surface area contributed by atoms with Crippen molar-refractivity contribution in [1.82, 2.24) is 10.2 Å². The number of nitrogens with zero attached hydrogens (tertiary/aromatic N) is 3. The van der Waals surface area contributed by atoms with Crippen LogP contribution in [-0.2, 0) is 15.8 Å². The van der Waals surface area contributed by atoms with Crippen molar-refractivity contribution in [3.63, 3.8) is 0 Å². The second-order valence-electron chi connectivity index (χ2n) is 6.89. The quantitative estimate of drug-likeness (QED) is 0.687. The van der Waals surface area contributed by atoms with Gasteiger partial charge in [0.2, 0.25) is 11.8 Å². The smallest absolute Gasteiger partial charge is 0.326 e. The number of rotatable bonds is 3. The third-order valence-electron chi connectivity index (χ3n) is 4.92. The molecule has 1 aliphatic heterocycles. The van der Waals surface area contributed by atoms with Crippen molar-refractivity contribution >= 4 is 34.1 Å². The molecule has 30 heavy (non-hydrogen) atoms. The van der Waals surface area contributed by atoms with E-state index >= 15 is 0 Å². The summed E-state index contributed by atoms with van der Waals surface area (Å²) in [5.74, 6) is -1.58. The number of H-pyrrole nitrogens is 1. The molecule has 3 aromatic rings. The van der Waals surface area contributed by atoms with Gasteiger partial charge in [-0.25, -0.2) is 0 Å². The minimum atomic E-state index is -4.52. The van der Waals surface area contributed by atoms with Crippen LogP contribution in [0.15, 0.2) is 42.5 Å². The molecule has 1 atom stereocenters. The number of hydrogen-bond acceptors (Lipinski definition) is 4. The van der Waals surface area contributed by atoms with Crippen molar-refractivity contribution in [1.29, 1.82) is 5.26 Å². The normalized spacial score (nSPS) is 16.7. The maximum Gasteiger partial charge on any atom is 0.416 e. The highest BCUT2D eigenvalue weighted by Gasteiger charge is 2.37. The summed E-state index contributed by atoms with van der Waals surface area (Å²) < 4.78 is 38.8.